The summed E-state index contributed by atoms with van der Waals surface area (Å²) in [5.41, 5.74) is 2.22. The molecule has 4 nitrogen and oxygen atoms in total. The Morgan fingerprint density at radius 3 is 3.00 bits per heavy atom. The Balaban J connectivity index is 1.88. The van der Waals surface area contributed by atoms with Gasteiger partial charge >= 0.3 is 0 Å². The van der Waals surface area contributed by atoms with Crippen molar-refractivity contribution in [3.8, 4) is 0 Å². The lowest BCUT2D eigenvalue weighted by atomic mass is 10.1. The molecule has 2 rings (SSSR count). The first-order valence-corrected chi connectivity index (χ1v) is 6.51. The molecule has 1 unspecified atom stereocenters. The molecule has 1 heterocycles. The number of aromatic nitrogens is 1. The van der Waals surface area contributed by atoms with Crippen molar-refractivity contribution in [2.24, 2.45) is 0 Å². The molecular formula is C15H20N2O2. The van der Waals surface area contributed by atoms with Gasteiger partial charge in [-0.1, -0.05) is 24.3 Å². The molecule has 0 aliphatic rings. The number of ether oxygens (including phenoxy) is 1. The number of aliphatic hydroxyl groups excluding tert-OH is 1. The molecule has 0 spiro atoms. The molecular weight excluding hydrogens is 240 g/mol. The third-order valence-electron chi connectivity index (χ3n) is 3.05. The number of methoxy groups -OCH3 is 1. The first-order valence-electron chi connectivity index (χ1n) is 6.51. The third-order valence-corrected chi connectivity index (χ3v) is 3.05. The van der Waals surface area contributed by atoms with Crippen LogP contribution >= 0.6 is 0 Å². The summed E-state index contributed by atoms with van der Waals surface area (Å²) in [5, 5.41) is 14.0. The van der Waals surface area contributed by atoms with Gasteiger partial charge in [0.05, 0.1) is 18.2 Å². The number of para-hydroxylation sites is 1. The molecule has 2 aromatic rings. The van der Waals surface area contributed by atoms with E-state index in [0.717, 1.165) is 24.0 Å². The predicted octanol–water partition coefficient (Wildman–Crippen LogP) is 1.72. The van der Waals surface area contributed by atoms with Crippen LogP contribution in [0.4, 0.5) is 0 Å². The highest BCUT2D eigenvalue weighted by Gasteiger charge is 2.04. The molecule has 4 heteroatoms. The number of rotatable bonds is 7. The molecule has 0 amide bonds. The number of aliphatic hydroxyl groups is 1. The van der Waals surface area contributed by atoms with Crippen LogP contribution in [-0.4, -0.2) is 36.5 Å². The molecule has 0 aliphatic carbocycles. The molecule has 0 bridgehead atoms. The average molecular weight is 260 g/mol. The standard InChI is InChI=1S/C15H20N2O2/c1-19-11-14(18)7-9-16-10-13-5-2-4-12-6-3-8-17-15(12)13/h2-6,8,14,16,18H,7,9-11H2,1H3. The highest BCUT2D eigenvalue weighted by atomic mass is 16.5. The van der Waals surface area contributed by atoms with Gasteiger partial charge in [0.2, 0.25) is 0 Å². The summed E-state index contributed by atoms with van der Waals surface area (Å²) in [4.78, 5) is 4.42. The number of hydrogen-bond acceptors (Lipinski definition) is 4. The number of nitrogens with zero attached hydrogens (tertiary/aromatic N) is 1. The number of benzene rings is 1. The van der Waals surface area contributed by atoms with E-state index >= 15 is 0 Å². The van der Waals surface area contributed by atoms with E-state index < -0.39 is 6.10 Å². The Kier molecular flexibility index (Phi) is 5.27. The van der Waals surface area contributed by atoms with Crippen LogP contribution in [-0.2, 0) is 11.3 Å². The smallest absolute Gasteiger partial charge is 0.0785 e. The van der Waals surface area contributed by atoms with Gasteiger partial charge in [-0.2, -0.15) is 0 Å². The van der Waals surface area contributed by atoms with Crippen LogP contribution in [0.25, 0.3) is 10.9 Å². The van der Waals surface area contributed by atoms with Crippen molar-refractivity contribution >= 4 is 10.9 Å². The summed E-state index contributed by atoms with van der Waals surface area (Å²) in [5.74, 6) is 0. The molecule has 0 saturated heterocycles. The van der Waals surface area contributed by atoms with Gasteiger partial charge in [0.25, 0.3) is 0 Å². The minimum atomic E-state index is -0.400. The lowest BCUT2D eigenvalue weighted by Crippen LogP contribution is -2.23. The first-order chi connectivity index (χ1) is 9.31. The monoisotopic (exact) mass is 260 g/mol. The Morgan fingerprint density at radius 1 is 1.32 bits per heavy atom. The summed E-state index contributed by atoms with van der Waals surface area (Å²) < 4.78 is 4.89. The highest BCUT2D eigenvalue weighted by molar-refractivity contribution is 5.81. The van der Waals surface area contributed by atoms with E-state index in [1.54, 1.807) is 7.11 Å². The van der Waals surface area contributed by atoms with Gasteiger partial charge in [-0.3, -0.25) is 4.98 Å². The maximum atomic E-state index is 9.54. The summed E-state index contributed by atoms with van der Waals surface area (Å²) in [6.45, 7) is 1.90. The number of hydrogen-bond donors (Lipinski definition) is 2. The lowest BCUT2D eigenvalue weighted by molar-refractivity contribution is 0.0594. The molecule has 0 saturated carbocycles. The molecule has 1 atom stereocenters. The zero-order valence-corrected chi connectivity index (χ0v) is 11.2. The fourth-order valence-corrected chi connectivity index (χ4v) is 2.08. The van der Waals surface area contributed by atoms with Crippen LogP contribution in [0.2, 0.25) is 0 Å². The van der Waals surface area contributed by atoms with E-state index in [4.69, 9.17) is 4.74 Å². The summed E-state index contributed by atoms with van der Waals surface area (Å²) in [6.07, 6.45) is 2.10. The molecule has 0 radical (unpaired) electrons. The highest BCUT2D eigenvalue weighted by Crippen LogP contribution is 2.15. The summed E-state index contributed by atoms with van der Waals surface area (Å²) in [6, 6.07) is 10.2. The minimum Gasteiger partial charge on any atom is -0.391 e. The largest absolute Gasteiger partial charge is 0.391 e. The summed E-state index contributed by atoms with van der Waals surface area (Å²) in [7, 11) is 1.60. The van der Waals surface area contributed by atoms with E-state index in [1.807, 2.05) is 18.3 Å². The minimum absolute atomic E-state index is 0.386. The Labute approximate surface area is 113 Å². The average Bonchev–Trinajstić information content (AvgIpc) is 2.44. The topological polar surface area (TPSA) is 54.4 Å². The van der Waals surface area contributed by atoms with E-state index in [2.05, 4.69) is 28.5 Å². The van der Waals surface area contributed by atoms with Crippen LogP contribution in [0.5, 0.6) is 0 Å². The first kappa shape index (κ1) is 13.9. The van der Waals surface area contributed by atoms with Gasteiger partial charge in [-0.05, 0) is 24.6 Å². The van der Waals surface area contributed by atoms with Crippen molar-refractivity contribution in [3.63, 3.8) is 0 Å². The fraction of sp³-hybridized carbons (Fsp3) is 0.400. The number of nitrogens with one attached hydrogen (secondary N) is 1. The maximum Gasteiger partial charge on any atom is 0.0785 e. The third kappa shape index (κ3) is 3.99. The van der Waals surface area contributed by atoms with E-state index in [9.17, 15) is 5.11 Å². The maximum absolute atomic E-state index is 9.54. The van der Waals surface area contributed by atoms with E-state index in [1.165, 1.54) is 5.56 Å². The van der Waals surface area contributed by atoms with Gasteiger partial charge in [-0.15, -0.1) is 0 Å². The van der Waals surface area contributed by atoms with E-state index in [0.29, 0.717) is 13.0 Å². The van der Waals surface area contributed by atoms with Crippen LogP contribution in [0, 0.1) is 0 Å². The van der Waals surface area contributed by atoms with E-state index in [-0.39, 0.29) is 0 Å². The van der Waals surface area contributed by atoms with Crippen LogP contribution in [0.15, 0.2) is 36.5 Å². The molecule has 1 aromatic carbocycles. The predicted molar refractivity (Wildman–Crippen MR) is 75.9 cm³/mol. The van der Waals surface area contributed by atoms with Crippen LogP contribution in [0.1, 0.15) is 12.0 Å². The van der Waals surface area contributed by atoms with Gasteiger partial charge in [-0.25, -0.2) is 0 Å². The molecule has 102 valence electrons. The van der Waals surface area contributed by atoms with Crippen molar-refractivity contribution in [3.05, 3.63) is 42.1 Å². The Morgan fingerprint density at radius 2 is 2.16 bits per heavy atom. The SMILES string of the molecule is COCC(O)CCNCc1cccc2cccnc12. The second-order valence-electron chi connectivity index (χ2n) is 4.57. The molecule has 1 aromatic heterocycles. The normalized spacial score (nSPS) is 12.7. The number of pyridine rings is 1. The van der Waals surface area contributed by atoms with Crippen molar-refractivity contribution in [2.75, 3.05) is 20.3 Å². The Hall–Kier alpha value is -1.49. The van der Waals surface area contributed by atoms with Gasteiger partial charge in [0.15, 0.2) is 0 Å². The van der Waals surface area contributed by atoms with Gasteiger partial charge < -0.3 is 15.2 Å². The fourth-order valence-electron chi connectivity index (χ4n) is 2.08. The second-order valence-corrected chi connectivity index (χ2v) is 4.57. The van der Waals surface area contributed by atoms with Gasteiger partial charge in [0.1, 0.15) is 0 Å². The second kappa shape index (κ2) is 7.19. The summed E-state index contributed by atoms with van der Waals surface area (Å²) >= 11 is 0. The molecule has 2 N–H and O–H groups in total. The van der Waals surface area contributed by atoms with Crippen molar-refractivity contribution in [2.45, 2.75) is 19.1 Å². The zero-order valence-electron chi connectivity index (χ0n) is 11.2. The van der Waals surface area contributed by atoms with Crippen molar-refractivity contribution in [1.82, 2.24) is 10.3 Å². The molecule has 19 heavy (non-hydrogen) atoms. The van der Waals surface area contributed by atoms with Crippen LogP contribution in [0.3, 0.4) is 0 Å². The van der Waals surface area contributed by atoms with Crippen molar-refractivity contribution in [1.29, 1.82) is 0 Å². The lowest BCUT2D eigenvalue weighted by Gasteiger charge is -2.11. The molecule has 0 fully saturated rings. The zero-order chi connectivity index (χ0) is 13.5. The quantitative estimate of drug-likeness (QED) is 0.744. The molecule has 0 aliphatic heterocycles. The Bertz CT molecular complexity index is 511. The van der Waals surface area contributed by atoms with Gasteiger partial charge in [0, 0.05) is 25.2 Å². The van der Waals surface area contributed by atoms with Crippen molar-refractivity contribution < 1.29 is 9.84 Å². The van der Waals surface area contributed by atoms with Crippen LogP contribution < -0.4 is 5.32 Å². The number of fused-ring (bicyclic) bond motifs is 1.